The molecule has 3 aromatic rings. The summed E-state index contributed by atoms with van der Waals surface area (Å²) in [4.78, 5) is 25.9. The van der Waals surface area contributed by atoms with E-state index in [4.69, 9.17) is 5.11 Å². The molecule has 0 aromatic heterocycles. The molecule has 0 aliphatic carbocycles. The molecule has 0 saturated carbocycles. The minimum absolute atomic E-state index is 0.0259. The molecule has 0 bridgehead atoms. The highest BCUT2D eigenvalue weighted by atomic mass is 16.4. The van der Waals surface area contributed by atoms with E-state index in [0.29, 0.717) is 18.4 Å². The van der Waals surface area contributed by atoms with Gasteiger partial charge < -0.3 is 10.0 Å². The molecule has 30 heavy (non-hydrogen) atoms. The van der Waals surface area contributed by atoms with Gasteiger partial charge in [-0.05, 0) is 48.1 Å². The molecule has 1 N–H and O–H groups in total. The molecule has 0 saturated heterocycles. The molecule has 0 unspecified atom stereocenters. The largest absolute Gasteiger partial charge is 0.481 e. The molecular formula is C26H27NO3. The Hall–Kier alpha value is -3.40. The fraction of sp³-hybridized carbons (Fsp3) is 0.231. The van der Waals surface area contributed by atoms with Crippen molar-refractivity contribution < 1.29 is 14.7 Å². The van der Waals surface area contributed by atoms with Gasteiger partial charge in [0.25, 0.3) is 5.91 Å². The normalized spacial score (nSPS) is 11.7. The number of rotatable bonds is 8. The standard InChI is InChI=1S/C26H27NO3/c1-19-8-6-7-11-24(19)26(30)27(2)23(16-17-25(28)29)18-20-12-14-22(15-13-20)21-9-4-3-5-10-21/h3-15,23H,16-18H2,1-2H3,(H,28,29)/t23-/m0/s1. The number of amides is 1. The number of likely N-dealkylation sites (N-methyl/N-ethyl adjacent to an activating group) is 1. The Bertz CT molecular complexity index is 996. The van der Waals surface area contributed by atoms with Crippen LogP contribution >= 0.6 is 0 Å². The lowest BCUT2D eigenvalue weighted by molar-refractivity contribution is -0.137. The van der Waals surface area contributed by atoms with Crippen LogP contribution in [0.5, 0.6) is 0 Å². The van der Waals surface area contributed by atoms with E-state index in [0.717, 1.165) is 22.3 Å². The van der Waals surface area contributed by atoms with Crippen molar-refractivity contribution in [2.75, 3.05) is 7.05 Å². The first-order chi connectivity index (χ1) is 14.5. The van der Waals surface area contributed by atoms with Gasteiger partial charge in [0.05, 0.1) is 0 Å². The van der Waals surface area contributed by atoms with Crippen LogP contribution in [0.3, 0.4) is 0 Å². The fourth-order valence-electron chi connectivity index (χ4n) is 3.63. The second-order valence-electron chi connectivity index (χ2n) is 7.58. The number of benzene rings is 3. The highest BCUT2D eigenvalue weighted by molar-refractivity contribution is 5.95. The van der Waals surface area contributed by atoms with Gasteiger partial charge >= 0.3 is 5.97 Å². The highest BCUT2D eigenvalue weighted by Crippen LogP contribution is 2.22. The predicted octanol–water partition coefficient (Wildman–Crippen LogP) is 5.21. The maximum Gasteiger partial charge on any atom is 0.303 e. The number of aliphatic carboxylic acids is 1. The predicted molar refractivity (Wildman–Crippen MR) is 120 cm³/mol. The average Bonchev–Trinajstić information content (AvgIpc) is 2.77. The third-order valence-electron chi connectivity index (χ3n) is 5.47. The lowest BCUT2D eigenvalue weighted by atomic mass is 9.97. The monoisotopic (exact) mass is 401 g/mol. The van der Waals surface area contributed by atoms with Crippen molar-refractivity contribution in [1.82, 2.24) is 4.90 Å². The van der Waals surface area contributed by atoms with Crippen molar-refractivity contribution in [3.63, 3.8) is 0 Å². The van der Waals surface area contributed by atoms with Gasteiger partial charge in [-0.3, -0.25) is 9.59 Å². The molecule has 4 heteroatoms. The van der Waals surface area contributed by atoms with Crippen molar-refractivity contribution in [2.24, 2.45) is 0 Å². The molecule has 154 valence electrons. The van der Waals surface area contributed by atoms with Crippen molar-refractivity contribution in [3.05, 3.63) is 95.6 Å². The number of aryl methyl sites for hydroxylation is 1. The summed E-state index contributed by atoms with van der Waals surface area (Å²) in [5, 5.41) is 9.17. The van der Waals surface area contributed by atoms with E-state index in [1.807, 2.05) is 49.4 Å². The van der Waals surface area contributed by atoms with Crippen molar-refractivity contribution in [1.29, 1.82) is 0 Å². The lowest BCUT2D eigenvalue weighted by Gasteiger charge is -2.29. The van der Waals surface area contributed by atoms with Crippen LogP contribution in [0.1, 0.15) is 34.3 Å². The van der Waals surface area contributed by atoms with E-state index < -0.39 is 5.97 Å². The molecule has 0 aliphatic heterocycles. The van der Waals surface area contributed by atoms with Crippen LogP contribution in [0.25, 0.3) is 11.1 Å². The summed E-state index contributed by atoms with van der Waals surface area (Å²) in [5.41, 5.74) is 4.93. The fourth-order valence-corrected chi connectivity index (χ4v) is 3.63. The van der Waals surface area contributed by atoms with E-state index in [-0.39, 0.29) is 18.4 Å². The molecule has 4 nitrogen and oxygen atoms in total. The number of carbonyl (C=O) groups excluding carboxylic acids is 1. The number of hydrogen-bond acceptors (Lipinski definition) is 2. The Morgan fingerprint density at radius 3 is 2.10 bits per heavy atom. The third-order valence-corrected chi connectivity index (χ3v) is 5.47. The van der Waals surface area contributed by atoms with Gasteiger partial charge in [-0.1, -0.05) is 72.8 Å². The maximum atomic E-state index is 13.1. The van der Waals surface area contributed by atoms with Gasteiger partial charge in [-0.25, -0.2) is 0 Å². The minimum Gasteiger partial charge on any atom is -0.481 e. The summed E-state index contributed by atoms with van der Waals surface area (Å²) in [7, 11) is 1.76. The summed E-state index contributed by atoms with van der Waals surface area (Å²) in [6, 6.07) is 25.7. The molecule has 0 aliphatic rings. The lowest BCUT2D eigenvalue weighted by Crippen LogP contribution is -2.39. The molecule has 3 aromatic carbocycles. The van der Waals surface area contributed by atoms with E-state index in [1.165, 1.54) is 0 Å². The van der Waals surface area contributed by atoms with Crippen LogP contribution in [-0.2, 0) is 11.2 Å². The first kappa shape index (κ1) is 21.3. The molecule has 0 spiro atoms. The zero-order chi connectivity index (χ0) is 21.5. The number of hydrogen-bond donors (Lipinski definition) is 1. The second-order valence-corrected chi connectivity index (χ2v) is 7.58. The molecule has 1 amide bonds. The summed E-state index contributed by atoms with van der Waals surface area (Å²) < 4.78 is 0. The zero-order valence-corrected chi connectivity index (χ0v) is 17.4. The van der Waals surface area contributed by atoms with E-state index in [1.54, 1.807) is 11.9 Å². The van der Waals surface area contributed by atoms with E-state index in [2.05, 4.69) is 36.4 Å². The molecule has 0 radical (unpaired) electrons. The van der Waals surface area contributed by atoms with Gasteiger partial charge in [-0.15, -0.1) is 0 Å². The minimum atomic E-state index is -0.851. The second kappa shape index (κ2) is 9.88. The van der Waals surface area contributed by atoms with Crippen LogP contribution in [-0.4, -0.2) is 35.0 Å². The third kappa shape index (κ3) is 5.35. The summed E-state index contributed by atoms with van der Waals surface area (Å²) in [6.45, 7) is 1.91. The van der Waals surface area contributed by atoms with Crippen LogP contribution in [0, 0.1) is 6.92 Å². The zero-order valence-electron chi connectivity index (χ0n) is 17.4. The first-order valence-electron chi connectivity index (χ1n) is 10.1. The molecule has 1 atom stereocenters. The topological polar surface area (TPSA) is 57.6 Å². The van der Waals surface area contributed by atoms with Crippen LogP contribution < -0.4 is 0 Å². The Labute approximate surface area is 177 Å². The highest BCUT2D eigenvalue weighted by Gasteiger charge is 2.23. The van der Waals surface area contributed by atoms with E-state index in [9.17, 15) is 9.59 Å². The average molecular weight is 402 g/mol. The van der Waals surface area contributed by atoms with Crippen LogP contribution in [0.4, 0.5) is 0 Å². The quantitative estimate of drug-likeness (QED) is 0.564. The Morgan fingerprint density at radius 2 is 1.47 bits per heavy atom. The van der Waals surface area contributed by atoms with Gasteiger partial charge in [0.15, 0.2) is 0 Å². The summed E-state index contributed by atoms with van der Waals surface area (Å²) in [6.07, 6.45) is 1.04. The number of carbonyl (C=O) groups is 2. The molecule has 3 rings (SSSR count). The van der Waals surface area contributed by atoms with Gasteiger partial charge in [0, 0.05) is 25.1 Å². The summed E-state index contributed by atoms with van der Waals surface area (Å²) >= 11 is 0. The molecule has 0 heterocycles. The smallest absolute Gasteiger partial charge is 0.303 e. The number of carboxylic acids is 1. The van der Waals surface area contributed by atoms with Crippen molar-refractivity contribution in [2.45, 2.75) is 32.2 Å². The Morgan fingerprint density at radius 1 is 0.867 bits per heavy atom. The first-order valence-corrected chi connectivity index (χ1v) is 10.1. The SMILES string of the molecule is Cc1ccccc1C(=O)N(C)[C@@H](CCC(=O)O)Cc1ccc(-c2ccccc2)cc1. The molecular weight excluding hydrogens is 374 g/mol. The van der Waals surface area contributed by atoms with Crippen LogP contribution in [0.2, 0.25) is 0 Å². The van der Waals surface area contributed by atoms with Gasteiger partial charge in [-0.2, -0.15) is 0 Å². The maximum absolute atomic E-state index is 13.1. The van der Waals surface area contributed by atoms with Crippen molar-refractivity contribution >= 4 is 11.9 Å². The molecule has 0 fully saturated rings. The van der Waals surface area contributed by atoms with Crippen LogP contribution in [0.15, 0.2) is 78.9 Å². The van der Waals surface area contributed by atoms with Crippen molar-refractivity contribution in [3.8, 4) is 11.1 Å². The van der Waals surface area contributed by atoms with E-state index >= 15 is 0 Å². The summed E-state index contributed by atoms with van der Waals surface area (Å²) in [5.74, 6) is -0.930. The Kier molecular flexibility index (Phi) is 7.02. The van der Waals surface area contributed by atoms with Gasteiger partial charge in [0.1, 0.15) is 0 Å². The number of carboxylic acid groups (broad SMARTS) is 1. The Balaban J connectivity index is 1.78. The number of nitrogens with zero attached hydrogens (tertiary/aromatic N) is 1. The van der Waals surface area contributed by atoms with Gasteiger partial charge in [0.2, 0.25) is 0 Å².